The Hall–Kier alpha value is -1.02. The normalized spacial score (nSPS) is 25.2. The molecule has 0 N–H and O–H groups in total. The lowest BCUT2D eigenvalue weighted by atomic mass is 9.91. The summed E-state index contributed by atoms with van der Waals surface area (Å²) >= 11 is 0. The number of para-hydroxylation sites is 1. The van der Waals surface area contributed by atoms with E-state index in [0.717, 1.165) is 0 Å². The first kappa shape index (κ1) is 8.30. The second kappa shape index (κ2) is 2.99. The summed E-state index contributed by atoms with van der Waals surface area (Å²) in [6, 6.07) is 9.49. The molecule has 0 saturated carbocycles. The lowest BCUT2D eigenvalue weighted by Gasteiger charge is -2.50. The highest BCUT2D eigenvalue weighted by atomic mass is 15.3. The van der Waals surface area contributed by atoms with E-state index in [1.165, 1.54) is 31.9 Å². The minimum Gasteiger partial charge on any atom is -0.362 e. The first-order valence-corrected chi connectivity index (χ1v) is 5.48. The van der Waals surface area contributed by atoms with Crippen LogP contribution in [-0.2, 0) is 0 Å². The number of benzene rings is 1. The van der Waals surface area contributed by atoms with E-state index in [9.17, 15) is 0 Å². The van der Waals surface area contributed by atoms with Crippen molar-refractivity contribution in [3.8, 4) is 0 Å². The zero-order valence-corrected chi connectivity index (χ0v) is 8.61. The Balaban J connectivity index is 1.88. The fourth-order valence-electron chi connectivity index (χ4n) is 2.65. The zero-order valence-electron chi connectivity index (χ0n) is 8.61. The van der Waals surface area contributed by atoms with Crippen LogP contribution >= 0.6 is 0 Å². The minimum atomic E-state index is 0.680. The molecule has 0 radical (unpaired) electrons. The third kappa shape index (κ3) is 1.01. The maximum atomic E-state index is 2.54. The predicted octanol–water partition coefficient (Wildman–Crippen LogP) is 1.88. The maximum absolute atomic E-state index is 2.54. The molecule has 0 bridgehead atoms. The number of nitrogens with zero attached hydrogens (tertiary/aromatic N) is 2. The van der Waals surface area contributed by atoms with E-state index in [0.29, 0.717) is 6.04 Å². The molecule has 1 atom stereocenters. The van der Waals surface area contributed by atoms with Gasteiger partial charge in [0, 0.05) is 25.3 Å². The van der Waals surface area contributed by atoms with E-state index in [2.05, 4.69) is 41.0 Å². The third-order valence-electron chi connectivity index (χ3n) is 3.52. The Morgan fingerprint density at radius 2 is 2.14 bits per heavy atom. The van der Waals surface area contributed by atoms with Gasteiger partial charge < -0.3 is 4.90 Å². The van der Waals surface area contributed by atoms with E-state index in [1.807, 2.05) is 0 Å². The molecule has 1 fully saturated rings. The second-order valence-corrected chi connectivity index (χ2v) is 4.16. The Kier molecular flexibility index (Phi) is 1.77. The molecule has 2 heterocycles. The van der Waals surface area contributed by atoms with Gasteiger partial charge in [0.25, 0.3) is 0 Å². The maximum Gasteiger partial charge on any atom is 0.0690 e. The highest BCUT2D eigenvalue weighted by Crippen LogP contribution is 2.44. The van der Waals surface area contributed by atoms with Crippen molar-refractivity contribution in [2.24, 2.45) is 0 Å². The van der Waals surface area contributed by atoms with Gasteiger partial charge in [-0.2, -0.15) is 0 Å². The largest absolute Gasteiger partial charge is 0.362 e. The lowest BCUT2D eigenvalue weighted by molar-refractivity contribution is 0.223. The molecule has 14 heavy (non-hydrogen) atoms. The third-order valence-corrected chi connectivity index (χ3v) is 3.52. The first-order valence-electron chi connectivity index (χ1n) is 5.48. The lowest BCUT2D eigenvalue weighted by Crippen LogP contribution is -2.53. The standard InChI is InChI=1S/C12H16N2/c1-2-13-7-8-14-11-6-4-3-5-10(11)12(14)9-13/h3-6,12H,2,7-9H2,1H3. The van der Waals surface area contributed by atoms with Gasteiger partial charge in [-0.05, 0) is 18.2 Å². The molecule has 74 valence electrons. The molecular formula is C12H16N2. The van der Waals surface area contributed by atoms with Crippen LogP contribution in [0.3, 0.4) is 0 Å². The molecule has 1 aromatic carbocycles. The van der Waals surface area contributed by atoms with Gasteiger partial charge in [0.15, 0.2) is 0 Å². The van der Waals surface area contributed by atoms with E-state index in [4.69, 9.17) is 0 Å². The summed E-state index contributed by atoms with van der Waals surface area (Å²) in [6.07, 6.45) is 0. The highest BCUT2D eigenvalue weighted by Gasteiger charge is 2.37. The van der Waals surface area contributed by atoms with Crippen molar-refractivity contribution >= 4 is 5.69 Å². The molecular weight excluding hydrogens is 172 g/mol. The van der Waals surface area contributed by atoms with Crippen molar-refractivity contribution in [2.75, 3.05) is 31.1 Å². The number of hydrogen-bond donors (Lipinski definition) is 0. The summed E-state index contributed by atoms with van der Waals surface area (Å²) in [4.78, 5) is 5.08. The van der Waals surface area contributed by atoms with Crippen molar-refractivity contribution in [3.63, 3.8) is 0 Å². The average molecular weight is 188 g/mol. The van der Waals surface area contributed by atoms with Gasteiger partial charge in [0.2, 0.25) is 0 Å². The number of rotatable bonds is 1. The van der Waals surface area contributed by atoms with Gasteiger partial charge in [-0.15, -0.1) is 0 Å². The van der Waals surface area contributed by atoms with Crippen LogP contribution in [0.4, 0.5) is 5.69 Å². The minimum absolute atomic E-state index is 0.680. The van der Waals surface area contributed by atoms with Gasteiger partial charge in [0.05, 0.1) is 6.04 Å². The monoisotopic (exact) mass is 188 g/mol. The van der Waals surface area contributed by atoms with Gasteiger partial charge in [-0.25, -0.2) is 0 Å². The average Bonchev–Trinajstić information content (AvgIpc) is 2.25. The molecule has 2 aliphatic heterocycles. The van der Waals surface area contributed by atoms with Crippen molar-refractivity contribution in [2.45, 2.75) is 13.0 Å². The van der Waals surface area contributed by atoms with Gasteiger partial charge in [-0.1, -0.05) is 25.1 Å². The highest BCUT2D eigenvalue weighted by molar-refractivity contribution is 5.66. The van der Waals surface area contributed by atoms with Crippen LogP contribution in [0, 0.1) is 0 Å². The molecule has 0 aromatic heterocycles. The fraction of sp³-hybridized carbons (Fsp3) is 0.500. The number of piperazine rings is 1. The Bertz CT molecular complexity index is 348. The molecule has 3 rings (SSSR count). The summed E-state index contributed by atoms with van der Waals surface area (Å²) in [5.74, 6) is 0. The molecule has 0 aliphatic carbocycles. The van der Waals surface area contributed by atoms with Crippen LogP contribution in [0.15, 0.2) is 24.3 Å². The predicted molar refractivity (Wildman–Crippen MR) is 58.6 cm³/mol. The van der Waals surface area contributed by atoms with Crippen molar-refractivity contribution in [1.29, 1.82) is 0 Å². The van der Waals surface area contributed by atoms with Crippen molar-refractivity contribution in [1.82, 2.24) is 4.90 Å². The van der Waals surface area contributed by atoms with E-state index in [-0.39, 0.29) is 0 Å². The quantitative estimate of drug-likeness (QED) is 0.664. The topological polar surface area (TPSA) is 6.48 Å². The van der Waals surface area contributed by atoms with Crippen LogP contribution in [0.1, 0.15) is 18.5 Å². The van der Waals surface area contributed by atoms with Gasteiger partial charge in [-0.3, -0.25) is 4.90 Å². The Morgan fingerprint density at radius 1 is 1.29 bits per heavy atom. The molecule has 1 unspecified atom stereocenters. The summed E-state index contributed by atoms with van der Waals surface area (Å²) in [5.41, 5.74) is 3.01. The molecule has 0 amide bonds. The SMILES string of the molecule is CCN1CCN2c3ccccc3C2C1. The van der Waals surface area contributed by atoms with Crippen LogP contribution in [-0.4, -0.2) is 31.1 Å². The molecule has 2 aliphatic rings. The Morgan fingerprint density at radius 3 is 3.00 bits per heavy atom. The van der Waals surface area contributed by atoms with E-state index in [1.54, 1.807) is 5.56 Å². The first-order chi connectivity index (χ1) is 6.90. The fourth-order valence-corrected chi connectivity index (χ4v) is 2.65. The van der Waals surface area contributed by atoms with Gasteiger partial charge in [0.1, 0.15) is 0 Å². The second-order valence-electron chi connectivity index (χ2n) is 4.16. The summed E-state index contributed by atoms with van der Waals surface area (Å²) in [6.45, 7) is 7.08. The van der Waals surface area contributed by atoms with Crippen LogP contribution < -0.4 is 4.90 Å². The van der Waals surface area contributed by atoms with Crippen LogP contribution in [0.5, 0.6) is 0 Å². The summed E-state index contributed by atoms with van der Waals surface area (Å²) < 4.78 is 0. The molecule has 0 spiro atoms. The number of likely N-dealkylation sites (N-methyl/N-ethyl adjacent to an activating group) is 1. The molecule has 2 heteroatoms. The van der Waals surface area contributed by atoms with E-state index < -0.39 is 0 Å². The Labute approximate surface area is 85.1 Å². The van der Waals surface area contributed by atoms with Crippen LogP contribution in [0.25, 0.3) is 0 Å². The number of fused-ring (bicyclic) bond motifs is 4. The van der Waals surface area contributed by atoms with Crippen molar-refractivity contribution in [3.05, 3.63) is 29.8 Å². The number of anilines is 1. The zero-order chi connectivity index (χ0) is 9.54. The molecule has 1 aromatic rings. The summed E-state index contributed by atoms with van der Waals surface area (Å²) in [5, 5.41) is 0. The molecule has 2 nitrogen and oxygen atoms in total. The smallest absolute Gasteiger partial charge is 0.0690 e. The van der Waals surface area contributed by atoms with Crippen molar-refractivity contribution < 1.29 is 0 Å². The summed E-state index contributed by atoms with van der Waals surface area (Å²) in [7, 11) is 0. The van der Waals surface area contributed by atoms with Gasteiger partial charge >= 0.3 is 0 Å². The number of hydrogen-bond acceptors (Lipinski definition) is 2. The van der Waals surface area contributed by atoms with Crippen LogP contribution in [0.2, 0.25) is 0 Å². The molecule has 1 saturated heterocycles. The van der Waals surface area contributed by atoms with E-state index >= 15 is 0 Å².